The van der Waals surface area contributed by atoms with Crippen LogP contribution in [0.2, 0.25) is 0 Å². The maximum atomic E-state index is 12.0. The topological polar surface area (TPSA) is 59.8 Å². The molecule has 3 rings (SSSR count). The lowest BCUT2D eigenvalue weighted by molar-refractivity contribution is 0.445. The molecule has 1 aliphatic rings. The van der Waals surface area contributed by atoms with Gasteiger partial charge in [0.25, 0.3) is 5.56 Å². The van der Waals surface area contributed by atoms with Gasteiger partial charge in [-0.2, -0.15) is 5.10 Å². The Morgan fingerprint density at radius 2 is 2.11 bits per heavy atom. The zero-order valence-corrected chi connectivity index (χ0v) is 10.6. The summed E-state index contributed by atoms with van der Waals surface area (Å²) in [7, 11) is 0. The van der Waals surface area contributed by atoms with Crippen molar-refractivity contribution in [3.8, 4) is 0 Å². The number of rotatable bonds is 4. The second kappa shape index (κ2) is 5.22. The third-order valence-electron chi connectivity index (χ3n) is 3.43. The molecule has 0 amide bonds. The van der Waals surface area contributed by atoms with E-state index in [2.05, 4.69) is 15.4 Å². The van der Waals surface area contributed by atoms with Crippen LogP contribution in [0.5, 0.6) is 0 Å². The summed E-state index contributed by atoms with van der Waals surface area (Å²) in [4.78, 5) is 15.9. The number of nitrogens with zero attached hydrogens (tertiary/aromatic N) is 3. The van der Waals surface area contributed by atoms with Gasteiger partial charge in [0.15, 0.2) is 0 Å². The molecule has 0 bridgehead atoms. The second-order valence-electron chi connectivity index (χ2n) is 4.87. The molecule has 0 saturated heterocycles. The molecule has 0 atom stereocenters. The molecular formula is C14H16N4O. The van der Waals surface area contributed by atoms with E-state index in [0.717, 1.165) is 11.3 Å². The molecular weight excluding hydrogens is 240 g/mol. The summed E-state index contributed by atoms with van der Waals surface area (Å²) in [6.07, 6.45) is 8.78. The average Bonchev–Trinajstić information content (AvgIpc) is 2.38. The standard InChI is InChI=1S/C14H16N4O/c19-14-8-13(17-12-2-1-3-12)9-16-18(14)10-11-4-6-15-7-5-11/h4-9,12,17H,1-3,10H2. The van der Waals surface area contributed by atoms with Crippen LogP contribution in [0.3, 0.4) is 0 Å². The highest BCUT2D eigenvalue weighted by Crippen LogP contribution is 2.21. The Morgan fingerprint density at radius 1 is 1.32 bits per heavy atom. The van der Waals surface area contributed by atoms with E-state index in [1.807, 2.05) is 12.1 Å². The fourth-order valence-electron chi connectivity index (χ4n) is 2.08. The molecule has 1 fully saturated rings. The van der Waals surface area contributed by atoms with E-state index in [1.165, 1.54) is 23.9 Å². The van der Waals surface area contributed by atoms with Crippen molar-refractivity contribution in [2.45, 2.75) is 31.8 Å². The highest BCUT2D eigenvalue weighted by Gasteiger charge is 2.17. The normalized spacial score (nSPS) is 14.9. The highest BCUT2D eigenvalue weighted by molar-refractivity contribution is 5.40. The van der Waals surface area contributed by atoms with E-state index >= 15 is 0 Å². The summed E-state index contributed by atoms with van der Waals surface area (Å²) in [5.74, 6) is 0. The van der Waals surface area contributed by atoms with E-state index in [0.29, 0.717) is 12.6 Å². The zero-order valence-electron chi connectivity index (χ0n) is 10.6. The minimum atomic E-state index is -0.0823. The van der Waals surface area contributed by atoms with Gasteiger partial charge in [0.2, 0.25) is 0 Å². The number of nitrogens with one attached hydrogen (secondary N) is 1. The smallest absolute Gasteiger partial charge is 0.269 e. The molecule has 1 N–H and O–H groups in total. The van der Waals surface area contributed by atoms with Crippen molar-refractivity contribution in [3.05, 3.63) is 52.7 Å². The Kier molecular flexibility index (Phi) is 3.27. The number of pyridine rings is 1. The monoisotopic (exact) mass is 256 g/mol. The first kappa shape index (κ1) is 11.9. The number of hydrogen-bond acceptors (Lipinski definition) is 4. The van der Waals surface area contributed by atoms with Gasteiger partial charge in [-0.25, -0.2) is 4.68 Å². The molecule has 1 saturated carbocycles. The Labute approximate surface area is 111 Å². The fourth-order valence-corrected chi connectivity index (χ4v) is 2.08. The van der Waals surface area contributed by atoms with Gasteiger partial charge in [0.05, 0.1) is 18.4 Å². The third-order valence-corrected chi connectivity index (χ3v) is 3.43. The van der Waals surface area contributed by atoms with Crippen LogP contribution in [-0.4, -0.2) is 20.8 Å². The molecule has 0 aromatic carbocycles. The maximum absolute atomic E-state index is 12.0. The van der Waals surface area contributed by atoms with E-state index in [-0.39, 0.29) is 5.56 Å². The quantitative estimate of drug-likeness (QED) is 0.903. The van der Waals surface area contributed by atoms with Gasteiger partial charge in [0, 0.05) is 24.5 Å². The number of anilines is 1. The molecule has 2 heterocycles. The molecule has 19 heavy (non-hydrogen) atoms. The van der Waals surface area contributed by atoms with Crippen molar-refractivity contribution in [2.75, 3.05) is 5.32 Å². The van der Waals surface area contributed by atoms with Crippen LogP contribution in [0.4, 0.5) is 5.69 Å². The van der Waals surface area contributed by atoms with Gasteiger partial charge >= 0.3 is 0 Å². The van der Waals surface area contributed by atoms with Gasteiger partial charge in [0.1, 0.15) is 0 Å². The first-order chi connectivity index (χ1) is 9.31. The number of aromatic nitrogens is 3. The Balaban J connectivity index is 1.74. The van der Waals surface area contributed by atoms with Crippen molar-refractivity contribution < 1.29 is 0 Å². The van der Waals surface area contributed by atoms with E-state index in [9.17, 15) is 4.79 Å². The maximum Gasteiger partial charge on any atom is 0.269 e. The van der Waals surface area contributed by atoms with E-state index in [1.54, 1.807) is 24.7 Å². The summed E-state index contributed by atoms with van der Waals surface area (Å²) in [6, 6.07) is 5.90. The van der Waals surface area contributed by atoms with Gasteiger partial charge in [-0.1, -0.05) is 0 Å². The molecule has 5 nitrogen and oxygen atoms in total. The van der Waals surface area contributed by atoms with E-state index in [4.69, 9.17) is 0 Å². The molecule has 0 unspecified atom stereocenters. The minimum absolute atomic E-state index is 0.0823. The first-order valence-electron chi connectivity index (χ1n) is 6.54. The Hall–Kier alpha value is -2.17. The summed E-state index contributed by atoms with van der Waals surface area (Å²) in [5, 5.41) is 7.53. The average molecular weight is 256 g/mol. The van der Waals surface area contributed by atoms with Crippen molar-refractivity contribution in [1.82, 2.24) is 14.8 Å². The van der Waals surface area contributed by atoms with Crippen LogP contribution in [0.25, 0.3) is 0 Å². The third kappa shape index (κ3) is 2.81. The van der Waals surface area contributed by atoms with Crippen LogP contribution in [-0.2, 0) is 6.54 Å². The van der Waals surface area contributed by atoms with Crippen molar-refractivity contribution in [3.63, 3.8) is 0 Å². The second-order valence-corrected chi connectivity index (χ2v) is 4.87. The molecule has 2 aromatic heterocycles. The molecule has 0 spiro atoms. The summed E-state index contributed by atoms with van der Waals surface area (Å²) in [6.45, 7) is 0.477. The summed E-state index contributed by atoms with van der Waals surface area (Å²) in [5.41, 5.74) is 1.76. The van der Waals surface area contributed by atoms with Crippen LogP contribution in [0, 0.1) is 0 Å². The molecule has 98 valence electrons. The largest absolute Gasteiger partial charge is 0.381 e. The molecule has 2 aromatic rings. The highest BCUT2D eigenvalue weighted by atomic mass is 16.1. The van der Waals surface area contributed by atoms with Crippen LogP contribution in [0.15, 0.2) is 41.6 Å². The van der Waals surface area contributed by atoms with Crippen molar-refractivity contribution >= 4 is 5.69 Å². The molecule has 5 heteroatoms. The minimum Gasteiger partial charge on any atom is -0.381 e. The Bertz CT molecular complexity index is 604. The molecule has 0 aliphatic heterocycles. The lowest BCUT2D eigenvalue weighted by Crippen LogP contribution is -2.29. The number of hydrogen-bond donors (Lipinski definition) is 1. The molecule has 0 radical (unpaired) electrons. The zero-order chi connectivity index (χ0) is 13.1. The van der Waals surface area contributed by atoms with Gasteiger partial charge < -0.3 is 5.32 Å². The van der Waals surface area contributed by atoms with E-state index < -0.39 is 0 Å². The van der Waals surface area contributed by atoms with Gasteiger partial charge in [-0.3, -0.25) is 9.78 Å². The van der Waals surface area contributed by atoms with Gasteiger partial charge in [-0.05, 0) is 37.0 Å². The van der Waals surface area contributed by atoms with Crippen molar-refractivity contribution in [1.29, 1.82) is 0 Å². The van der Waals surface area contributed by atoms with Crippen LogP contribution in [0.1, 0.15) is 24.8 Å². The lowest BCUT2D eigenvalue weighted by Gasteiger charge is -2.27. The SMILES string of the molecule is O=c1cc(NC2CCC2)cnn1Cc1ccncc1. The van der Waals surface area contributed by atoms with Crippen LogP contribution < -0.4 is 10.9 Å². The van der Waals surface area contributed by atoms with Gasteiger partial charge in [-0.15, -0.1) is 0 Å². The van der Waals surface area contributed by atoms with Crippen LogP contribution >= 0.6 is 0 Å². The summed E-state index contributed by atoms with van der Waals surface area (Å²) < 4.78 is 1.46. The predicted octanol–water partition coefficient (Wildman–Crippen LogP) is 1.65. The van der Waals surface area contributed by atoms with Crippen molar-refractivity contribution in [2.24, 2.45) is 0 Å². The molecule has 1 aliphatic carbocycles. The first-order valence-corrected chi connectivity index (χ1v) is 6.54. The predicted molar refractivity (Wildman–Crippen MR) is 73.1 cm³/mol. The fraction of sp³-hybridized carbons (Fsp3) is 0.357. The lowest BCUT2D eigenvalue weighted by atomic mass is 9.93. The summed E-state index contributed by atoms with van der Waals surface area (Å²) >= 11 is 0. The Morgan fingerprint density at radius 3 is 2.74 bits per heavy atom.